The van der Waals surface area contributed by atoms with E-state index in [0.29, 0.717) is 28.1 Å². The van der Waals surface area contributed by atoms with Crippen molar-refractivity contribution in [3.05, 3.63) is 95.3 Å². The highest BCUT2D eigenvalue weighted by atomic mass is 19.1. The Labute approximate surface area is 155 Å². The maximum atomic E-state index is 13.2. The Morgan fingerprint density at radius 2 is 1.44 bits per heavy atom. The van der Waals surface area contributed by atoms with Gasteiger partial charge in [-0.25, -0.2) is 4.39 Å². The average Bonchev–Trinajstić information content (AvgIpc) is 2.68. The van der Waals surface area contributed by atoms with E-state index < -0.39 is 17.6 Å². The molecule has 3 aromatic rings. The van der Waals surface area contributed by atoms with E-state index in [1.165, 1.54) is 42.5 Å². The average molecular weight is 359 g/mol. The van der Waals surface area contributed by atoms with Crippen LogP contribution in [0.25, 0.3) is 0 Å². The second kappa shape index (κ2) is 7.93. The fraction of sp³-hybridized carbons (Fsp3) is 0. The van der Waals surface area contributed by atoms with Gasteiger partial charge in [-0.2, -0.15) is 5.26 Å². The van der Waals surface area contributed by atoms with Gasteiger partial charge in [-0.05, 0) is 54.6 Å². The molecule has 0 fully saturated rings. The van der Waals surface area contributed by atoms with Crippen molar-refractivity contribution in [1.82, 2.24) is 0 Å². The van der Waals surface area contributed by atoms with Crippen LogP contribution in [0.4, 0.5) is 15.8 Å². The molecule has 0 atom stereocenters. The van der Waals surface area contributed by atoms with Crippen LogP contribution in [0.3, 0.4) is 0 Å². The third-order valence-electron chi connectivity index (χ3n) is 3.79. The van der Waals surface area contributed by atoms with Crippen LogP contribution in [0.15, 0.2) is 72.8 Å². The maximum Gasteiger partial charge on any atom is 0.255 e. The summed E-state index contributed by atoms with van der Waals surface area (Å²) >= 11 is 0. The lowest BCUT2D eigenvalue weighted by Crippen LogP contribution is -2.15. The lowest BCUT2D eigenvalue weighted by Gasteiger charge is -2.08. The predicted molar refractivity (Wildman–Crippen MR) is 99.9 cm³/mol. The van der Waals surface area contributed by atoms with Crippen LogP contribution >= 0.6 is 0 Å². The molecule has 0 saturated heterocycles. The molecule has 2 amide bonds. The van der Waals surface area contributed by atoms with Gasteiger partial charge in [0, 0.05) is 16.8 Å². The van der Waals surface area contributed by atoms with E-state index >= 15 is 0 Å². The van der Waals surface area contributed by atoms with Crippen molar-refractivity contribution < 1.29 is 14.0 Å². The summed E-state index contributed by atoms with van der Waals surface area (Å²) in [4.78, 5) is 24.5. The van der Waals surface area contributed by atoms with Crippen molar-refractivity contribution in [1.29, 1.82) is 5.26 Å². The van der Waals surface area contributed by atoms with Crippen molar-refractivity contribution in [2.75, 3.05) is 10.6 Å². The van der Waals surface area contributed by atoms with Gasteiger partial charge >= 0.3 is 0 Å². The zero-order chi connectivity index (χ0) is 19.2. The summed E-state index contributed by atoms with van der Waals surface area (Å²) in [7, 11) is 0. The van der Waals surface area contributed by atoms with Gasteiger partial charge < -0.3 is 10.6 Å². The molecule has 0 aromatic heterocycles. The zero-order valence-electron chi connectivity index (χ0n) is 14.1. The van der Waals surface area contributed by atoms with Crippen molar-refractivity contribution in [2.45, 2.75) is 0 Å². The lowest BCUT2D eigenvalue weighted by molar-refractivity contribution is 0.101. The number of nitrogens with one attached hydrogen (secondary N) is 2. The van der Waals surface area contributed by atoms with Crippen molar-refractivity contribution >= 4 is 23.2 Å². The Kier molecular flexibility index (Phi) is 5.24. The lowest BCUT2D eigenvalue weighted by atomic mass is 10.1. The van der Waals surface area contributed by atoms with E-state index in [1.54, 1.807) is 30.3 Å². The summed E-state index contributed by atoms with van der Waals surface area (Å²) in [5.41, 5.74) is 1.78. The standard InChI is InChI=1S/C21H14FN3O2/c22-17-5-3-6-18(12-17)24-20(26)14-8-10-15(11-9-14)21(27)25-19-7-2-1-4-16(19)13-23/h1-12H,(H,24,26)(H,25,27). The molecule has 0 aliphatic carbocycles. The Hall–Kier alpha value is -3.98. The first kappa shape index (κ1) is 17.8. The number of nitriles is 1. The van der Waals surface area contributed by atoms with Gasteiger partial charge in [-0.3, -0.25) is 9.59 Å². The molecule has 2 N–H and O–H groups in total. The molecule has 0 spiro atoms. The fourth-order valence-electron chi connectivity index (χ4n) is 2.43. The van der Waals surface area contributed by atoms with E-state index in [2.05, 4.69) is 10.6 Å². The highest BCUT2D eigenvalue weighted by molar-refractivity contribution is 6.07. The highest BCUT2D eigenvalue weighted by Crippen LogP contribution is 2.16. The van der Waals surface area contributed by atoms with Crippen molar-refractivity contribution in [3.63, 3.8) is 0 Å². The molecule has 5 nitrogen and oxygen atoms in total. The van der Waals surface area contributed by atoms with Gasteiger partial charge in [-0.1, -0.05) is 18.2 Å². The van der Waals surface area contributed by atoms with Gasteiger partial charge in [0.25, 0.3) is 11.8 Å². The van der Waals surface area contributed by atoms with E-state index in [4.69, 9.17) is 5.26 Å². The van der Waals surface area contributed by atoms with Crippen LogP contribution in [-0.2, 0) is 0 Å². The molecule has 3 aromatic carbocycles. The summed E-state index contributed by atoms with van der Waals surface area (Å²) in [6.07, 6.45) is 0. The third-order valence-corrected chi connectivity index (χ3v) is 3.79. The Balaban J connectivity index is 1.70. The summed E-state index contributed by atoms with van der Waals surface area (Å²) < 4.78 is 13.2. The smallest absolute Gasteiger partial charge is 0.255 e. The summed E-state index contributed by atoms with van der Waals surface area (Å²) in [6.45, 7) is 0. The molecule has 6 heteroatoms. The minimum absolute atomic E-state index is 0.327. The topological polar surface area (TPSA) is 82.0 Å². The highest BCUT2D eigenvalue weighted by Gasteiger charge is 2.11. The van der Waals surface area contributed by atoms with Crippen LogP contribution in [0.2, 0.25) is 0 Å². The number of benzene rings is 3. The molecule has 0 bridgehead atoms. The molecule has 0 unspecified atom stereocenters. The number of rotatable bonds is 4. The van der Waals surface area contributed by atoms with Gasteiger partial charge in [0.1, 0.15) is 11.9 Å². The summed E-state index contributed by atoms with van der Waals surface area (Å²) in [6, 6.07) is 20.3. The third kappa shape index (κ3) is 4.35. The Morgan fingerprint density at radius 1 is 0.815 bits per heavy atom. The quantitative estimate of drug-likeness (QED) is 0.732. The number of hydrogen-bond acceptors (Lipinski definition) is 3. The Bertz CT molecular complexity index is 1040. The number of carbonyl (C=O) groups is 2. The molecule has 0 saturated carbocycles. The zero-order valence-corrected chi connectivity index (χ0v) is 14.1. The van der Waals surface area contributed by atoms with Gasteiger partial charge in [0.05, 0.1) is 11.3 Å². The first-order valence-corrected chi connectivity index (χ1v) is 8.04. The molecule has 3 rings (SSSR count). The second-order valence-electron chi connectivity index (χ2n) is 5.65. The molecule has 0 aliphatic rings. The molecule has 0 radical (unpaired) electrons. The Morgan fingerprint density at radius 3 is 2.07 bits per heavy atom. The number of amides is 2. The monoisotopic (exact) mass is 359 g/mol. The number of carbonyl (C=O) groups excluding carboxylic acids is 2. The van der Waals surface area contributed by atoms with Crippen molar-refractivity contribution in [3.8, 4) is 6.07 Å². The first-order chi connectivity index (χ1) is 13.1. The summed E-state index contributed by atoms with van der Waals surface area (Å²) in [5.74, 6) is -1.25. The van der Waals surface area contributed by atoms with Crippen LogP contribution in [0.1, 0.15) is 26.3 Å². The van der Waals surface area contributed by atoms with Crippen LogP contribution in [0, 0.1) is 17.1 Å². The molecular weight excluding hydrogens is 345 g/mol. The number of anilines is 2. The van der Waals surface area contributed by atoms with Gasteiger partial charge in [0.2, 0.25) is 0 Å². The van der Waals surface area contributed by atoms with Crippen LogP contribution in [0.5, 0.6) is 0 Å². The molecule has 132 valence electrons. The fourth-order valence-corrected chi connectivity index (χ4v) is 2.43. The SMILES string of the molecule is N#Cc1ccccc1NC(=O)c1ccc(C(=O)Nc2cccc(F)c2)cc1. The largest absolute Gasteiger partial charge is 0.322 e. The van der Waals surface area contributed by atoms with Crippen molar-refractivity contribution in [2.24, 2.45) is 0 Å². The molecule has 0 aliphatic heterocycles. The number of halogens is 1. The number of nitrogens with zero attached hydrogens (tertiary/aromatic N) is 1. The molecule has 27 heavy (non-hydrogen) atoms. The van der Waals surface area contributed by atoms with Gasteiger partial charge in [0.15, 0.2) is 0 Å². The maximum absolute atomic E-state index is 13.2. The van der Waals surface area contributed by atoms with Gasteiger partial charge in [-0.15, -0.1) is 0 Å². The molecule has 0 heterocycles. The van der Waals surface area contributed by atoms with E-state index in [1.807, 2.05) is 6.07 Å². The van der Waals surface area contributed by atoms with Crippen LogP contribution < -0.4 is 10.6 Å². The first-order valence-electron chi connectivity index (χ1n) is 8.04. The normalized spacial score (nSPS) is 9.93. The van der Waals surface area contributed by atoms with E-state index in [9.17, 15) is 14.0 Å². The second-order valence-corrected chi connectivity index (χ2v) is 5.65. The van der Waals surface area contributed by atoms with Crippen LogP contribution in [-0.4, -0.2) is 11.8 Å². The minimum Gasteiger partial charge on any atom is -0.322 e. The number of hydrogen-bond donors (Lipinski definition) is 2. The minimum atomic E-state index is -0.447. The predicted octanol–water partition coefficient (Wildman–Crippen LogP) is 4.20. The number of para-hydroxylation sites is 1. The van der Waals surface area contributed by atoms with E-state index in [-0.39, 0.29) is 0 Å². The molecular formula is C21H14FN3O2. The van der Waals surface area contributed by atoms with E-state index in [0.717, 1.165) is 0 Å². The summed E-state index contributed by atoms with van der Waals surface area (Å²) in [5, 5.41) is 14.3.